The standard InChI is InChI=1S/C58H64ClN5O7S/c1-38-54(72-37-62-38)45-18-14-41(15-19-45)35-61-56(69)50-34-47(66)36-64(50)57(70)55(58(2,3)4)63-52(68)29-17-40-12-10-39(11-13-40)16-28-51(67)60-32-33-71-48-26-22-44(23-27-48)53(43-20-24-46(65)25-21-43)49(30-31-59)42-8-6-5-7-9-42/h5-15,18-27,37,47,50,55,65-66H,16-17,28-36H2,1-4H3,(H,60,67)(H,61,69)(H,63,68)/t47-,50+,55-/m1/s1. The van der Waals surface area contributed by atoms with Gasteiger partial charge in [0.1, 0.15) is 30.2 Å². The van der Waals surface area contributed by atoms with Crippen molar-refractivity contribution >= 4 is 57.7 Å². The number of likely N-dealkylation sites (tertiary alicyclic amines) is 1. The van der Waals surface area contributed by atoms with E-state index in [1.165, 1.54) is 4.90 Å². The van der Waals surface area contributed by atoms with Crippen LogP contribution in [0.25, 0.3) is 21.6 Å². The maximum Gasteiger partial charge on any atom is 0.246 e. The number of thiazole rings is 1. The molecule has 2 heterocycles. The Kier molecular flexibility index (Phi) is 18.4. The molecule has 3 atom stereocenters. The molecule has 1 fully saturated rings. The second-order valence-corrected chi connectivity index (χ2v) is 20.4. The summed E-state index contributed by atoms with van der Waals surface area (Å²) in [5.74, 6) is 0.166. The number of aryl methyl sites for hydroxylation is 3. The van der Waals surface area contributed by atoms with Gasteiger partial charge in [0.15, 0.2) is 0 Å². The molecule has 0 spiro atoms. The fraction of sp³-hybridized carbons (Fsp3) is 0.328. The second-order valence-electron chi connectivity index (χ2n) is 19.2. The van der Waals surface area contributed by atoms with Crippen molar-refractivity contribution in [1.29, 1.82) is 0 Å². The highest BCUT2D eigenvalue weighted by Crippen LogP contribution is 2.36. The second kappa shape index (κ2) is 25.0. The maximum absolute atomic E-state index is 14.1. The highest BCUT2D eigenvalue weighted by molar-refractivity contribution is 7.13. The molecule has 72 heavy (non-hydrogen) atoms. The molecular formula is C58H64ClN5O7S. The summed E-state index contributed by atoms with van der Waals surface area (Å²) in [6, 6.07) is 39.1. The Balaban J connectivity index is 0.839. The Bertz CT molecular complexity index is 2790. The van der Waals surface area contributed by atoms with Gasteiger partial charge < -0.3 is 35.8 Å². The van der Waals surface area contributed by atoms with Crippen molar-refractivity contribution in [3.63, 3.8) is 0 Å². The number of aliphatic hydroxyl groups is 1. The highest BCUT2D eigenvalue weighted by Gasteiger charge is 2.44. The number of rotatable bonds is 21. The van der Waals surface area contributed by atoms with Gasteiger partial charge in [-0.15, -0.1) is 22.9 Å². The van der Waals surface area contributed by atoms with Crippen LogP contribution in [-0.2, 0) is 38.6 Å². The van der Waals surface area contributed by atoms with E-state index in [-0.39, 0.29) is 49.4 Å². The summed E-state index contributed by atoms with van der Waals surface area (Å²) in [5, 5.41) is 29.4. The number of hydrogen-bond donors (Lipinski definition) is 5. The summed E-state index contributed by atoms with van der Waals surface area (Å²) in [6.07, 6.45) is 1.33. The number of hydrogen-bond acceptors (Lipinski definition) is 9. The van der Waals surface area contributed by atoms with E-state index < -0.39 is 29.5 Å². The molecule has 0 bridgehead atoms. The van der Waals surface area contributed by atoms with E-state index in [4.69, 9.17) is 16.3 Å². The number of nitrogens with zero attached hydrogens (tertiary/aromatic N) is 2. The molecule has 0 saturated carbocycles. The summed E-state index contributed by atoms with van der Waals surface area (Å²) in [7, 11) is 0. The molecule has 1 aromatic heterocycles. The minimum absolute atomic E-state index is 0.00258. The van der Waals surface area contributed by atoms with Crippen molar-refractivity contribution in [2.75, 3.05) is 25.6 Å². The van der Waals surface area contributed by atoms with Crippen LogP contribution in [0.1, 0.15) is 85.5 Å². The van der Waals surface area contributed by atoms with E-state index in [0.717, 1.165) is 60.7 Å². The summed E-state index contributed by atoms with van der Waals surface area (Å²) in [4.78, 5) is 60.6. The molecule has 6 aromatic rings. The Labute approximate surface area is 431 Å². The monoisotopic (exact) mass is 1010 g/mol. The number of aromatic hydroxyl groups is 1. The lowest BCUT2D eigenvalue weighted by molar-refractivity contribution is -0.144. The molecule has 14 heteroatoms. The average Bonchev–Trinajstić information content (AvgIpc) is 4.00. The zero-order valence-corrected chi connectivity index (χ0v) is 42.9. The number of aliphatic hydroxyl groups excluding tert-OH is 1. The maximum atomic E-state index is 14.1. The van der Waals surface area contributed by atoms with Gasteiger partial charge in [-0.05, 0) is 106 Å². The van der Waals surface area contributed by atoms with E-state index in [0.29, 0.717) is 50.5 Å². The third kappa shape index (κ3) is 14.4. The van der Waals surface area contributed by atoms with Gasteiger partial charge in [-0.2, -0.15) is 0 Å². The number of aromatic nitrogens is 1. The van der Waals surface area contributed by atoms with Gasteiger partial charge in [-0.25, -0.2) is 4.98 Å². The normalized spacial score (nSPS) is 15.3. The van der Waals surface area contributed by atoms with Gasteiger partial charge in [0.05, 0.1) is 28.7 Å². The molecule has 5 aromatic carbocycles. The SMILES string of the molecule is Cc1ncsc1-c1ccc(CNC(=O)[C@@H]2C[C@@H](O)CN2C(=O)[C@@H](NC(=O)CCc2ccc(CCC(=O)NCCOc3ccc(C(=C(CCCl)c4ccccc4)c4ccc(O)cc4)cc3)cc2)C(C)(C)C)cc1. The van der Waals surface area contributed by atoms with Crippen LogP contribution in [-0.4, -0.2) is 87.5 Å². The third-order valence-electron chi connectivity index (χ3n) is 12.8. The van der Waals surface area contributed by atoms with Gasteiger partial charge in [0.25, 0.3) is 0 Å². The molecule has 12 nitrogen and oxygen atoms in total. The van der Waals surface area contributed by atoms with Crippen LogP contribution in [0.3, 0.4) is 0 Å². The molecule has 7 rings (SSSR count). The van der Waals surface area contributed by atoms with E-state index in [1.54, 1.807) is 23.5 Å². The smallest absolute Gasteiger partial charge is 0.246 e. The predicted molar refractivity (Wildman–Crippen MR) is 285 cm³/mol. The summed E-state index contributed by atoms with van der Waals surface area (Å²) >= 11 is 7.88. The lowest BCUT2D eigenvalue weighted by Gasteiger charge is -2.35. The quantitative estimate of drug-likeness (QED) is 0.0270. The van der Waals surface area contributed by atoms with Gasteiger partial charge in [-0.1, -0.05) is 124 Å². The molecule has 0 radical (unpaired) electrons. The third-order valence-corrected chi connectivity index (χ3v) is 13.9. The Hall–Kier alpha value is -6.80. The number of phenols is 1. The number of ether oxygens (including phenoxy) is 1. The van der Waals surface area contributed by atoms with Crippen LogP contribution >= 0.6 is 22.9 Å². The number of benzene rings is 5. The molecule has 1 aliphatic rings. The Morgan fingerprint density at radius 3 is 1.99 bits per heavy atom. The topological polar surface area (TPSA) is 170 Å². The molecule has 0 aliphatic carbocycles. The molecular weight excluding hydrogens is 946 g/mol. The number of β-amino-alcohol motifs (C(OH)–C–C–N with tert-alkyl or cyclic N) is 1. The van der Waals surface area contributed by atoms with Gasteiger partial charge >= 0.3 is 0 Å². The van der Waals surface area contributed by atoms with Crippen molar-refractivity contribution in [2.45, 2.75) is 91.0 Å². The number of halogens is 1. The number of nitrogens with one attached hydrogen (secondary N) is 3. The van der Waals surface area contributed by atoms with E-state index in [1.807, 2.05) is 136 Å². The fourth-order valence-electron chi connectivity index (χ4n) is 8.86. The van der Waals surface area contributed by atoms with E-state index in [9.17, 15) is 29.4 Å². The lowest BCUT2D eigenvalue weighted by atomic mass is 9.85. The highest BCUT2D eigenvalue weighted by atomic mass is 35.5. The first-order chi connectivity index (χ1) is 34.7. The molecule has 1 saturated heterocycles. The largest absolute Gasteiger partial charge is 0.508 e. The first kappa shape index (κ1) is 53.0. The first-order valence-electron chi connectivity index (χ1n) is 24.4. The summed E-state index contributed by atoms with van der Waals surface area (Å²) < 4.78 is 5.99. The van der Waals surface area contributed by atoms with Crippen LogP contribution in [0.2, 0.25) is 0 Å². The molecule has 376 valence electrons. The molecule has 1 aliphatic heterocycles. The number of alkyl halides is 1. The van der Waals surface area contributed by atoms with Crippen molar-refractivity contribution in [1.82, 2.24) is 25.8 Å². The Morgan fingerprint density at radius 2 is 1.39 bits per heavy atom. The number of amides is 4. The van der Waals surface area contributed by atoms with Gasteiger partial charge in [-0.3, -0.25) is 19.2 Å². The Morgan fingerprint density at radius 1 is 0.778 bits per heavy atom. The van der Waals surface area contributed by atoms with E-state index in [2.05, 4.69) is 33.1 Å². The zero-order chi connectivity index (χ0) is 51.2. The van der Waals surface area contributed by atoms with Crippen LogP contribution in [0.15, 0.2) is 133 Å². The summed E-state index contributed by atoms with van der Waals surface area (Å²) in [6.45, 7) is 8.46. The number of carbonyl (C=O) groups excluding carboxylic acids is 4. The molecule has 4 amide bonds. The fourth-order valence-corrected chi connectivity index (χ4v) is 9.86. The first-order valence-corrected chi connectivity index (χ1v) is 25.8. The number of phenolic OH excluding ortho intramolecular Hbond substituents is 1. The zero-order valence-electron chi connectivity index (χ0n) is 41.3. The van der Waals surface area contributed by atoms with Crippen molar-refractivity contribution in [3.05, 3.63) is 172 Å². The van der Waals surface area contributed by atoms with Crippen LogP contribution in [0, 0.1) is 12.3 Å². The predicted octanol–water partition coefficient (Wildman–Crippen LogP) is 9.28. The average molecular weight is 1010 g/mol. The molecule has 5 N–H and O–H groups in total. The van der Waals surface area contributed by atoms with Crippen molar-refractivity contribution in [2.24, 2.45) is 5.41 Å². The van der Waals surface area contributed by atoms with Crippen molar-refractivity contribution in [3.8, 4) is 21.9 Å². The minimum atomic E-state index is -0.921. The van der Waals surface area contributed by atoms with Crippen molar-refractivity contribution < 1.29 is 34.1 Å². The summed E-state index contributed by atoms with van der Waals surface area (Å²) in [5.41, 5.74) is 11.1. The van der Waals surface area contributed by atoms with E-state index >= 15 is 0 Å². The van der Waals surface area contributed by atoms with Crippen LogP contribution < -0.4 is 20.7 Å². The number of carbonyl (C=O) groups is 4. The number of allylic oxidation sites excluding steroid dienone is 1. The van der Waals surface area contributed by atoms with Crippen LogP contribution in [0.5, 0.6) is 11.5 Å². The molecule has 0 unspecified atom stereocenters. The van der Waals surface area contributed by atoms with Crippen LogP contribution in [0.4, 0.5) is 0 Å². The van der Waals surface area contributed by atoms with Gasteiger partial charge in [0.2, 0.25) is 23.6 Å². The lowest BCUT2D eigenvalue weighted by Crippen LogP contribution is -2.57. The minimum Gasteiger partial charge on any atom is -0.508 e. The van der Waals surface area contributed by atoms with Gasteiger partial charge in [0, 0.05) is 38.2 Å².